The number of hydrogen-bond acceptors (Lipinski definition) is 4. The van der Waals surface area contributed by atoms with Crippen molar-refractivity contribution in [2.24, 2.45) is 0 Å². The number of rotatable bonds is 5. The lowest BCUT2D eigenvalue weighted by molar-refractivity contribution is 0.0918. The van der Waals surface area contributed by atoms with Crippen LogP contribution < -0.4 is 9.47 Å². The second kappa shape index (κ2) is 6.39. The number of nitrogens with zero attached hydrogens (tertiary/aromatic N) is 1. The molecule has 0 aliphatic rings. The van der Waals surface area contributed by atoms with E-state index in [0.29, 0.717) is 22.1 Å². The number of Topliss-reactive ketones (excluding diaryl/α,β-unsaturated/α-hetero) is 1. The number of halogens is 1. The van der Waals surface area contributed by atoms with Crippen LogP contribution in [-0.2, 0) is 0 Å². The highest BCUT2D eigenvalue weighted by Gasteiger charge is 2.13. The molecule has 1 aromatic carbocycles. The molecule has 1 aromatic heterocycles. The van der Waals surface area contributed by atoms with Gasteiger partial charge in [0.25, 0.3) is 0 Å². The van der Waals surface area contributed by atoms with E-state index >= 15 is 0 Å². The number of benzene rings is 1. The molecule has 104 valence electrons. The Kier molecular flexibility index (Phi) is 4.58. The summed E-state index contributed by atoms with van der Waals surface area (Å²) >= 11 is 5.79. The Hall–Kier alpha value is -2.07. The van der Waals surface area contributed by atoms with Crippen molar-refractivity contribution >= 4 is 17.4 Å². The molecule has 2 aromatic rings. The minimum absolute atomic E-state index is 0.0958. The quantitative estimate of drug-likeness (QED) is 0.793. The first-order chi connectivity index (χ1) is 9.60. The minimum atomic E-state index is -0.165. The molecule has 0 atom stereocenters. The highest BCUT2D eigenvalue weighted by Crippen LogP contribution is 2.21. The molecule has 0 unspecified atom stereocenters. The second-order valence-electron chi connectivity index (χ2n) is 4.25. The summed E-state index contributed by atoms with van der Waals surface area (Å²) in [7, 11) is 1.54. The zero-order valence-electron chi connectivity index (χ0n) is 11.2. The molecular formula is C15H14ClNO3. The van der Waals surface area contributed by atoms with Crippen molar-refractivity contribution in [3.05, 3.63) is 52.8 Å². The van der Waals surface area contributed by atoms with Gasteiger partial charge in [-0.05, 0) is 24.6 Å². The van der Waals surface area contributed by atoms with Crippen LogP contribution in [0.1, 0.15) is 15.9 Å². The molecular weight excluding hydrogens is 278 g/mol. The molecule has 5 heteroatoms. The lowest BCUT2D eigenvalue weighted by Gasteiger charge is -2.09. The van der Waals surface area contributed by atoms with E-state index in [-0.39, 0.29) is 12.4 Å². The van der Waals surface area contributed by atoms with E-state index in [1.807, 2.05) is 19.1 Å². The smallest absolute Gasteiger partial charge is 0.203 e. The van der Waals surface area contributed by atoms with Crippen molar-refractivity contribution in [3.63, 3.8) is 0 Å². The van der Waals surface area contributed by atoms with Gasteiger partial charge in [0.1, 0.15) is 11.5 Å². The van der Waals surface area contributed by atoms with Gasteiger partial charge < -0.3 is 9.47 Å². The number of hydrogen-bond donors (Lipinski definition) is 0. The number of carbonyl (C=O) groups excluding carboxylic acids is 1. The molecule has 1 heterocycles. The Morgan fingerprint density at radius 1 is 1.30 bits per heavy atom. The molecule has 20 heavy (non-hydrogen) atoms. The molecule has 4 nitrogen and oxygen atoms in total. The maximum atomic E-state index is 12.1. The monoisotopic (exact) mass is 291 g/mol. The topological polar surface area (TPSA) is 48.4 Å². The molecule has 0 radical (unpaired) electrons. The summed E-state index contributed by atoms with van der Waals surface area (Å²) in [6, 6.07) is 7.01. The first-order valence-electron chi connectivity index (χ1n) is 6.01. The SMILES string of the molecule is COc1cc(C)ccc1C(=O)COc1cncc(Cl)c1. The molecule has 0 fully saturated rings. The highest BCUT2D eigenvalue weighted by atomic mass is 35.5. The van der Waals surface area contributed by atoms with E-state index in [4.69, 9.17) is 21.1 Å². The maximum Gasteiger partial charge on any atom is 0.203 e. The fourth-order valence-electron chi connectivity index (χ4n) is 1.73. The van der Waals surface area contributed by atoms with E-state index in [1.165, 1.54) is 19.5 Å². The normalized spacial score (nSPS) is 10.2. The van der Waals surface area contributed by atoms with Gasteiger partial charge in [-0.25, -0.2) is 0 Å². The third-order valence-electron chi connectivity index (χ3n) is 2.71. The zero-order valence-corrected chi connectivity index (χ0v) is 12.0. The van der Waals surface area contributed by atoms with Crippen LogP contribution in [0.4, 0.5) is 0 Å². The van der Waals surface area contributed by atoms with Gasteiger partial charge in [0.2, 0.25) is 5.78 Å². The summed E-state index contributed by atoms with van der Waals surface area (Å²) in [6.07, 6.45) is 3.00. The van der Waals surface area contributed by atoms with E-state index < -0.39 is 0 Å². The van der Waals surface area contributed by atoms with Crippen LogP contribution in [0.25, 0.3) is 0 Å². The van der Waals surface area contributed by atoms with Crippen LogP contribution in [0.15, 0.2) is 36.7 Å². The van der Waals surface area contributed by atoms with Gasteiger partial charge in [-0.1, -0.05) is 17.7 Å². The summed E-state index contributed by atoms with van der Waals surface area (Å²) in [5.41, 5.74) is 1.52. The van der Waals surface area contributed by atoms with Crippen molar-refractivity contribution in [3.8, 4) is 11.5 Å². The lowest BCUT2D eigenvalue weighted by Crippen LogP contribution is -2.13. The van der Waals surface area contributed by atoms with Crippen LogP contribution in [-0.4, -0.2) is 24.5 Å². The first-order valence-corrected chi connectivity index (χ1v) is 6.39. The van der Waals surface area contributed by atoms with Crippen molar-refractivity contribution in [2.75, 3.05) is 13.7 Å². The van der Waals surface area contributed by atoms with Crippen LogP contribution >= 0.6 is 11.6 Å². The molecule has 0 bridgehead atoms. The number of carbonyl (C=O) groups is 1. The van der Waals surface area contributed by atoms with Crippen molar-refractivity contribution in [1.29, 1.82) is 0 Å². The maximum absolute atomic E-state index is 12.1. The molecule has 0 aliphatic carbocycles. The van der Waals surface area contributed by atoms with Crippen LogP contribution in [0.2, 0.25) is 5.02 Å². The number of ketones is 1. The number of pyridine rings is 1. The molecule has 0 spiro atoms. The number of methoxy groups -OCH3 is 1. The Labute approximate surface area is 122 Å². The van der Waals surface area contributed by atoms with Gasteiger partial charge >= 0.3 is 0 Å². The number of aryl methyl sites for hydroxylation is 1. The van der Waals surface area contributed by atoms with Crippen molar-refractivity contribution in [2.45, 2.75) is 6.92 Å². The van der Waals surface area contributed by atoms with Crippen LogP contribution in [0.3, 0.4) is 0 Å². The van der Waals surface area contributed by atoms with Gasteiger partial charge in [0.15, 0.2) is 6.61 Å². The Bertz CT molecular complexity index is 628. The predicted molar refractivity (Wildman–Crippen MR) is 76.8 cm³/mol. The summed E-state index contributed by atoms with van der Waals surface area (Å²) in [5.74, 6) is 0.835. The predicted octanol–water partition coefficient (Wildman–Crippen LogP) is 3.31. The number of aromatic nitrogens is 1. The highest BCUT2D eigenvalue weighted by molar-refractivity contribution is 6.30. The third-order valence-corrected chi connectivity index (χ3v) is 2.91. The lowest BCUT2D eigenvalue weighted by atomic mass is 10.1. The second-order valence-corrected chi connectivity index (χ2v) is 4.69. The molecule has 2 rings (SSSR count). The van der Waals surface area contributed by atoms with Gasteiger partial charge in [-0.2, -0.15) is 0 Å². The fraction of sp³-hybridized carbons (Fsp3) is 0.200. The van der Waals surface area contributed by atoms with Crippen molar-refractivity contribution < 1.29 is 14.3 Å². The largest absolute Gasteiger partial charge is 0.496 e. The van der Waals surface area contributed by atoms with Crippen molar-refractivity contribution in [1.82, 2.24) is 4.98 Å². The van der Waals surface area contributed by atoms with E-state index in [0.717, 1.165) is 5.56 Å². The van der Waals surface area contributed by atoms with Gasteiger partial charge in [0.05, 0.1) is 23.9 Å². The van der Waals surface area contributed by atoms with E-state index in [9.17, 15) is 4.79 Å². The standard InChI is InChI=1S/C15H14ClNO3/c1-10-3-4-13(15(5-10)19-2)14(18)9-20-12-6-11(16)7-17-8-12/h3-8H,9H2,1-2H3. The molecule has 0 saturated carbocycles. The number of ether oxygens (including phenoxy) is 2. The van der Waals surface area contributed by atoms with E-state index in [1.54, 1.807) is 12.1 Å². The zero-order chi connectivity index (χ0) is 14.5. The van der Waals surface area contributed by atoms with Gasteiger partial charge in [0, 0.05) is 12.3 Å². The third kappa shape index (κ3) is 3.48. The fourth-order valence-corrected chi connectivity index (χ4v) is 1.89. The molecule has 0 amide bonds. The van der Waals surface area contributed by atoms with Gasteiger partial charge in [-0.3, -0.25) is 9.78 Å². The van der Waals surface area contributed by atoms with E-state index in [2.05, 4.69) is 4.98 Å². The van der Waals surface area contributed by atoms with Gasteiger partial charge in [-0.15, -0.1) is 0 Å². The summed E-state index contributed by atoms with van der Waals surface area (Å²) in [6.45, 7) is 1.84. The average molecular weight is 292 g/mol. The molecule has 0 aliphatic heterocycles. The Morgan fingerprint density at radius 2 is 2.10 bits per heavy atom. The summed E-state index contributed by atoms with van der Waals surface area (Å²) in [5, 5.41) is 0.461. The summed E-state index contributed by atoms with van der Waals surface area (Å²) in [4.78, 5) is 16.0. The molecule has 0 N–H and O–H groups in total. The Morgan fingerprint density at radius 3 is 2.80 bits per heavy atom. The first kappa shape index (κ1) is 14.3. The minimum Gasteiger partial charge on any atom is -0.496 e. The van der Waals surface area contributed by atoms with Crippen LogP contribution in [0.5, 0.6) is 11.5 Å². The molecule has 0 saturated heterocycles. The Balaban J connectivity index is 2.09. The average Bonchev–Trinajstić information content (AvgIpc) is 2.44. The summed E-state index contributed by atoms with van der Waals surface area (Å²) < 4.78 is 10.6. The van der Waals surface area contributed by atoms with Crippen LogP contribution in [0, 0.1) is 6.92 Å².